The smallest absolute Gasteiger partial charge is 0.656 e. The molecule has 0 heterocycles. The van der Waals surface area contributed by atoms with Crippen molar-refractivity contribution >= 4 is 33.1 Å². The Kier molecular flexibility index (Phi) is 7.75. The normalized spacial score (nSPS) is 14.7. The van der Waals surface area contributed by atoms with Crippen LogP contribution >= 0.6 is 0 Å². The van der Waals surface area contributed by atoms with E-state index in [1.54, 1.807) is 0 Å². The first kappa shape index (κ1) is 21.7. The molecule has 0 aromatic rings. The van der Waals surface area contributed by atoms with Gasteiger partial charge in [-0.3, -0.25) is 0 Å². The fraction of sp³-hybridized carbons (Fsp3) is 1.00. The third-order valence-corrected chi connectivity index (χ3v) is 22.5. The first-order valence-corrected chi connectivity index (χ1v) is 19.9. The van der Waals surface area contributed by atoms with Crippen LogP contribution in [0.4, 0.5) is 0 Å². The molecule has 0 spiro atoms. The molecule has 0 saturated heterocycles. The van der Waals surface area contributed by atoms with Gasteiger partial charge in [-0.2, -0.15) is 0 Å². The molecule has 0 radical (unpaired) electrons. The van der Waals surface area contributed by atoms with Crippen LogP contribution in [0, 0.1) is 0 Å². The van der Waals surface area contributed by atoms with Crippen molar-refractivity contribution < 1.29 is 18.9 Å². The topological polar surface area (TPSA) is 17.3 Å². The Hall–Kier alpha value is 1.38. The molecule has 0 aromatic carbocycles. The summed E-state index contributed by atoms with van der Waals surface area (Å²) in [6.07, 6.45) is 0. The average molecular weight is 313 g/mol. The zero-order valence-corrected chi connectivity index (χ0v) is 18.9. The van der Waals surface area contributed by atoms with Gasteiger partial charge in [0.15, 0.2) is 0 Å². The third kappa shape index (κ3) is 7.24. The van der Waals surface area contributed by atoms with Gasteiger partial charge in [0.2, 0.25) is 0 Å². The molecule has 104 valence electrons. The maximum absolute atomic E-state index is 5.35. The molecule has 0 N–H and O–H groups in total. The van der Waals surface area contributed by atoms with E-state index >= 15 is 0 Å². The van der Waals surface area contributed by atoms with Gasteiger partial charge in [0, 0.05) is 0 Å². The molecule has 0 saturated carbocycles. The number of hydrogen-bond acceptors (Lipinski definition) is 1. The second-order valence-corrected chi connectivity index (χ2v) is 28.0. The van der Waals surface area contributed by atoms with Crippen molar-refractivity contribution in [3.63, 3.8) is 0 Å². The van der Waals surface area contributed by atoms with Crippen LogP contribution in [0.2, 0.25) is 72.0 Å². The Balaban J connectivity index is 0. The van der Waals surface area contributed by atoms with Crippen molar-refractivity contribution in [3.05, 3.63) is 4.65 Å². The van der Waals surface area contributed by atoms with Gasteiger partial charge in [-0.05, 0) is 8.40 Å². The molecule has 0 unspecified atom stereocenters. The van der Waals surface area contributed by atoms with Crippen LogP contribution in [0.25, 0.3) is 4.65 Å². The van der Waals surface area contributed by atoms with Gasteiger partial charge in [-0.25, -0.2) is 0 Å². The van der Waals surface area contributed by atoms with E-state index in [1.807, 2.05) is 0 Å². The van der Waals surface area contributed by atoms with E-state index in [2.05, 4.69) is 75.9 Å². The molecule has 0 aliphatic rings. The van der Waals surface area contributed by atoms with Crippen LogP contribution in [0.5, 0.6) is 0 Å². The van der Waals surface area contributed by atoms with Crippen LogP contribution in [0.15, 0.2) is 0 Å². The molecule has 18 heavy (non-hydrogen) atoms. The Morgan fingerprint density at radius 1 is 0.611 bits per heavy atom. The summed E-state index contributed by atoms with van der Waals surface area (Å²) in [4.78, 5) is 0. The van der Waals surface area contributed by atoms with E-state index in [0.29, 0.717) is 0 Å². The van der Waals surface area contributed by atoms with Gasteiger partial charge in [0.1, 0.15) is 16.5 Å². The van der Waals surface area contributed by atoms with E-state index in [0.717, 1.165) is 0 Å². The number of nitrogens with zero attached hydrogens (tertiary/aromatic N) is 2. The molecule has 0 rings (SSSR count). The van der Waals surface area contributed by atoms with Gasteiger partial charge >= 0.3 is 18.9 Å². The predicted octanol–water partition coefficient (Wildman–Crippen LogP) is 1.87. The van der Waals surface area contributed by atoms with E-state index in [4.69, 9.17) is 4.65 Å². The van der Waals surface area contributed by atoms with Gasteiger partial charge in [0.05, 0.1) is 0 Å². The van der Waals surface area contributed by atoms with Gasteiger partial charge < -0.3 is 8.54 Å². The minimum Gasteiger partial charge on any atom is -0.656 e. The van der Waals surface area contributed by atoms with Crippen LogP contribution in [-0.2, 0) is 0 Å². The molecule has 0 bridgehead atoms. The first-order valence-electron chi connectivity index (χ1n) is 6.62. The van der Waals surface area contributed by atoms with E-state index < -0.39 is 33.1 Å². The summed E-state index contributed by atoms with van der Waals surface area (Å²) in [5.74, 6) is 0. The molecule has 0 aliphatic heterocycles. The number of hydrogen-bond donors (Lipinski definition) is 0. The third-order valence-electron chi connectivity index (χ3n) is 2.50. The molecule has 0 aromatic heterocycles. The molecule has 7 heteroatoms. The zero-order valence-electron chi connectivity index (χ0n) is 14.9. The summed E-state index contributed by atoms with van der Waals surface area (Å²) in [7, 11) is -5.46. The Morgan fingerprint density at radius 2 is 0.889 bits per heavy atom. The van der Waals surface area contributed by atoms with Crippen LogP contribution in [0.3, 0.4) is 0 Å². The van der Waals surface area contributed by atoms with Crippen molar-refractivity contribution in [2.75, 3.05) is 0 Å². The largest absolute Gasteiger partial charge is 1.00 e. The van der Waals surface area contributed by atoms with Crippen molar-refractivity contribution in [2.24, 2.45) is 0 Å². The maximum Gasteiger partial charge on any atom is 1.00 e. The van der Waals surface area contributed by atoms with Crippen LogP contribution in [-0.4, -0.2) is 37.0 Å². The monoisotopic (exact) mass is 312 g/mol. The second-order valence-electron chi connectivity index (χ2n) is 8.45. The van der Waals surface area contributed by atoms with Crippen LogP contribution in [0.1, 0.15) is 0 Å². The minimum absolute atomic E-state index is 0. The molecule has 0 amide bonds. The second kappa shape index (κ2) is 6.44. The van der Waals surface area contributed by atoms with E-state index in [1.165, 1.54) is 0 Å². The fourth-order valence-corrected chi connectivity index (χ4v) is 32.6. The molecule has 2 nitrogen and oxygen atoms in total. The zero-order chi connectivity index (χ0) is 14.3. The molecule has 0 fully saturated rings. The van der Waals surface area contributed by atoms with Crippen molar-refractivity contribution in [3.8, 4) is 0 Å². The maximum atomic E-state index is 5.35. The Morgan fingerprint density at radius 3 is 1.06 bits per heavy atom. The molecule has 0 atom stereocenters. The van der Waals surface area contributed by atoms with Crippen molar-refractivity contribution in [1.82, 2.24) is 3.90 Å². The SMILES string of the molecule is C[Si](C)(C)[N-][Si](C)(C)N([Si](C)(C)C)[Si](C)(C)C.[Li+]. The first-order chi connectivity index (χ1) is 7.07. The molecular weight excluding hydrogens is 279 g/mol. The minimum atomic E-state index is -1.60. The standard InChI is InChI=1S/C11H33N2Si4.Li/c1-14(2,3)12-17(10,11)13(15(4,5)6)16(7,8)9;/h1-11H3;/q-1;+1. The van der Waals surface area contributed by atoms with Crippen molar-refractivity contribution in [1.29, 1.82) is 0 Å². The summed E-state index contributed by atoms with van der Waals surface area (Å²) < 4.78 is 8.30. The van der Waals surface area contributed by atoms with Gasteiger partial charge in [0.25, 0.3) is 0 Å². The van der Waals surface area contributed by atoms with E-state index in [9.17, 15) is 0 Å². The summed E-state index contributed by atoms with van der Waals surface area (Å²) in [5.41, 5.74) is 0. The average Bonchev–Trinajstić information content (AvgIpc) is 1.66. The Labute approximate surface area is 132 Å². The fourth-order valence-electron chi connectivity index (χ4n) is 3.52. The van der Waals surface area contributed by atoms with E-state index in [-0.39, 0.29) is 18.9 Å². The summed E-state index contributed by atoms with van der Waals surface area (Å²) in [6.45, 7) is 26.9. The summed E-state index contributed by atoms with van der Waals surface area (Å²) >= 11 is 0. The summed E-state index contributed by atoms with van der Waals surface area (Å²) in [6, 6.07) is 0. The molecule has 0 aliphatic carbocycles. The number of rotatable bonds is 5. The van der Waals surface area contributed by atoms with Crippen LogP contribution < -0.4 is 18.9 Å². The Bertz CT molecular complexity index is 250. The van der Waals surface area contributed by atoms with Gasteiger partial charge in [-0.1, -0.05) is 80.3 Å². The van der Waals surface area contributed by atoms with Gasteiger partial charge in [-0.15, -0.1) is 0 Å². The summed E-state index contributed by atoms with van der Waals surface area (Å²) in [5, 5.41) is 0. The quantitative estimate of drug-likeness (QED) is 0.709. The molecular formula is C11H33LiN2Si4. The van der Waals surface area contributed by atoms with Crippen molar-refractivity contribution in [2.45, 2.75) is 72.0 Å². The predicted molar refractivity (Wildman–Crippen MR) is 92.7 cm³/mol.